The van der Waals surface area contributed by atoms with Crippen molar-refractivity contribution < 1.29 is 24.0 Å². The average Bonchev–Trinajstić information content (AvgIpc) is 3.70. The number of aryl methyl sites for hydroxylation is 3. The SMILES string of the molecule is Cc1cccc(C)c1Nc1nn(C)c2nc(Nc3ccc4c(c3)CN(CC3CN(C(=O)CN5CCN(c6ccc7c(c6)C(=O)N(C6CCC(=O)NC6=O)C7=O)CC5)C3)CC4)ncc12. The molecule has 17 heteroatoms. The van der Waals surface area contributed by atoms with Crippen molar-refractivity contribution in [3.05, 3.63) is 94.2 Å². The third-order valence-corrected chi connectivity index (χ3v) is 13.2. The predicted molar refractivity (Wildman–Crippen MR) is 236 cm³/mol. The molecule has 5 aliphatic rings. The fourth-order valence-electron chi connectivity index (χ4n) is 9.66. The van der Waals surface area contributed by atoms with E-state index in [0.717, 1.165) is 89.1 Å². The van der Waals surface area contributed by atoms with Gasteiger partial charge in [-0.1, -0.05) is 24.3 Å². The highest BCUT2D eigenvalue weighted by Crippen LogP contribution is 2.33. The lowest BCUT2D eigenvalue weighted by molar-refractivity contribution is -0.139. The second kappa shape index (κ2) is 16.2. The number of para-hydroxylation sites is 1. The molecule has 3 fully saturated rings. The molecule has 5 amide bonds. The lowest BCUT2D eigenvalue weighted by Gasteiger charge is -2.44. The Labute approximate surface area is 364 Å². The lowest BCUT2D eigenvalue weighted by Crippen LogP contribution is -2.57. The molecule has 0 radical (unpaired) electrons. The molecule has 0 saturated carbocycles. The zero-order valence-corrected chi connectivity index (χ0v) is 35.7. The smallest absolute Gasteiger partial charge is 0.262 e. The predicted octanol–water partition coefficient (Wildman–Crippen LogP) is 3.51. The molecule has 1 unspecified atom stereocenters. The molecule has 0 bridgehead atoms. The van der Waals surface area contributed by atoms with Gasteiger partial charge < -0.3 is 20.4 Å². The summed E-state index contributed by atoms with van der Waals surface area (Å²) in [5.41, 5.74) is 8.98. The van der Waals surface area contributed by atoms with Crippen LogP contribution in [0.4, 0.5) is 28.8 Å². The van der Waals surface area contributed by atoms with E-state index in [9.17, 15) is 24.0 Å². The highest BCUT2D eigenvalue weighted by molar-refractivity contribution is 6.23. The molecule has 3 N–H and O–H groups in total. The Bertz CT molecular complexity index is 2680. The van der Waals surface area contributed by atoms with E-state index in [0.29, 0.717) is 44.6 Å². The quantitative estimate of drug-likeness (QED) is 0.174. The van der Waals surface area contributed by atoms with Crippen LogP contribution in [0, 0.1) is 19.8 Å². The van der Waals surface area contributed by atoms with Gasteiger partial charge in [0.25, 0.3) is 11.8 Å². The fourth-order valence-corrected chi connectivity index (χ4v) is 9.66. The van der Waals surface area contributed by atoms with Crippen molar-refractivity contribution in [3.63, 3.8) is 0 Å². The summed E-state index contributed by atoms with van der Waals surface area (Å²) in [6.45, 7) is 11.5. The van der Waals surface area contributed by atoms with Crippen LogP contribution in [-0.4, -0.2) is 134 Å². The van der Waals surface area contributed by atoms with Crippen LogP contribution in [0.3, 0.4) is 0 Å². The standard InChI is InChI=1S/C46H50N12O5/c1-27-5-4-6-28(2)40(27)50-41-36-21-47-46(51-42(36)53(3)52-41)48-32-8-7-30-13-14-55(25-31(30)19-32)22-29-23-57(24-29)39(60)26-54-15-17-56(18-16-54)33-9-10-34-35(20-33)45(63)58(44(34)62)37-11-12-38(59)49-43(37)61/h4-10,19-21,29,37H,11-18,22-26H2,1-3H3,(H,50,52)(H,47,48,51)(H,49,59,61). The van der Waals surface area contributed by atoms with Gasteiger partial charge in [-0.3, -0.25) is 44.0 Å². The lowest BCUT2D eigenvalue weighted by atomic mass is 9.95. The molecule has 2 aromatic heterocycles. The highest BCUT2D eigenvalue weighted by Gasteiger charge is 2.45. The maximum Gasteiger partial charge on any atom is 0.262 e. The van der Waals surface area contributed by atoms with Crippen LogP contribution < -0.4 is 20.9 Å². The first-order valence-corrected chi connectivity index (χ1v) is 21.7. The number of nitrogens with one attached hydrogen (secondary N) is 3. The molecule has 5 aromatic rings. The van der Waals surface area contributed by atoms with E-state index in [1.165, 1.54) is 11.1 Å². The number of nitrogens with zero attached hydrogens (tertiary/aromatic N) is 9. The summed E-state index contributed by atoms with van der Waals surface area (Å²) < 4.78 is 1.77. The molecule has 324 valence electrons. The molecule has 10 rings (SSSR count). The summed E-state index contributed by atoms with van der Waals surface area (Å²) in [6, 6.07) is 16.9. The molecule has 0 aliphatic carbocycles. The maximum absolute atomic E-state index is 13.3. The summed E-state index contributed by atoms with van der Waals surface area (Å²) in [5, 5.41) is 14.7. The Morgan fingerprint density at radius 2 is 1.62 bits per heavy atom. The number of aromatic nitrogens is 4. The van der Waals surface area contributed by atoms with Gasteiger partial charge in [0.05, 0.1) is 23.1 Å². The summed E-state index contributed by atoms with van der Waals surface area (Å²) >= 11 is 0. The molecule has 17 nitrogen and oxygen atoms in total. The van der Waals surface area contributed by atoms with E-state index >= 15 is 0 Å². The van der Waals surface area contributed by atoms with Crippen molar-refractivity contribution in [2.45, 2.75) is 45.7 Å². The molecular formula is C46H50N12O5. The minimum atomic E-state index is -0.994. The van der Waals surface area contributed by atoms with E-state index in [1.807, 2.05) is 30.3 Å². The van der Waals surface area contributed by atoms with Crippen LogP contribution in [0.1, 0.15) is 55.8 Å². The third-order valence-electron chi connectivity index (χ3n) is 13.2. The molecule has 3 aromatic carbocycles. The number of fused-ring (bicyclic) bond motifs is 3. The number of imide groups is 2. The van der Waals surface area contributed by atoms with E-state index in [2.05, 4.69) is 79.8 Å². The number of piperazine rings is 1. The van der Waals surface area contributed by atoms with Crippen molar-refractivity contribution >= 4 is 69.4 Å². The van der Waals surface area contributed by atoms with E-state index in [1.54, 1.807) is 16.8 Å². The number of amides is 5. The van der Waals surface area contributed by atoms with Gasteiger partial charge in [-0.25, -0.2) is 9.67 Å². The largest absolute Gasteiger partial charge is 0.369 e. The van der Waals surface area contributed by atoms with Gasteiger partial charge in [0.1, 0.15) is 6.04 Å². The van der Waals surface area contributed by atoms with Gasteiger partial charge in [0, 0.05) is 102 Å². The molecular weight excluding hydrogens is 801 g/mol. The molecule has 0 spiro atoms. The number of piperidine rings is 1. The Hall–Kier alpha value is -6.72. The molecule has 3 saturated heterocycles. The van der Waals surface area contributed by atoms with Crippen LogP contribution in [0.5, 0.6) is 0 Å². The summed E-state index contributed by atoms with van der Waals surface area (Å²) in [4.78, 5) is 83.1. The monoisotopic (exact) mass is 850 g/mol. The van der Waals surface area contributed by atoms with Gasteiger partial charge in [-0.05, 0) is 79.3 Å². The number of hydrogen-bond acceptors (Lipinski definition) is 13. The summed E-state index contributed by atoms with van der Waals surface area (Å²) in [7, 11) is 1.89. The minimum Gasteiger partial charge on any atom is -0.369 e. The Morgan fingerprint density at radius 1 is 0.841 bits per heavy atom. The van der Waals surface area contributed by atoms with Gasteiger partial charge in [-0.2, -0.15) is 10.1 Å². The fraction of sp³-hybridized carbons (Fsp3) is 0.391. The van der Waals surface area contributed by atoms with Gasteiger partial charge in [0.2, 0.25) is 23.7 Å². The number of carbonyl (C=O) groups excluding carboxylic acids is 5. The van der Waals surface area contributed by atoms with Crippen molar-refractivity contribution in [1.82, 2.24) is 44.7 Å². The first kappa shape index (κ1) is 40.4. The number of hydrogen-bond donors (Lipinski definition) is 3. The van der Waals surface area contributed by atoms with Crippen LogP contribution >= 0.6 is 0 Å². The molecule has 63 heavy (non-hydrogen) atoms. The summed E-state index contributed by atoms with van der Waals surface area (Å²) in [5.74, 6) is -0.245. The Balaban J connectivity index is 0.685. The zero-order valence-electron chi connectivity index (χ0n) is 35.7. The van der Waals surface area contributed by atoms with Crippen LogP contribution in [0.15, 0.2) is 60.8 Å². The van der Waals surface area contributed by atoms with Gasteiger partial charge in [-0.15, -0.1) is 0 Å². The van der Waals surface area contributed by atoms with Crippen LogP contribution in [0.25, 0.3) is 11.0 Å². The van der Waals surface area contributed by atoms with E-state index in [-0.39, 0.29) is 29.9 Å². The maximum atomic E-state index is 13.3. The second-order valence-electron chi connectivity index (χ2n) is 17.5. The number of likely N-dealkylation sites (tertiary alicyclic amines) is 1. The topological polar surface area (TPSA) is 181 Å². The molecule has 5 aliphatic heterocycles. The number of rotatable bonds is 10. The van der Waals surface area contributed by atoms with Crippen LogP contribution in [0.2, 0.25) is 0 Å². The third kappa shape index (κ3) is 7.75. The molecule has 1 atom stereocenters. The van der Waals surface area contributed by atoms with Crippen molar-refractivity contribution in [3.8, 4) is 0 Å². The number of carbonyl (C=O) groups is 5. The average molecular weight is 851 g/mol. The van der Waals surface area contributed by atoms with Crippen LogP contribution in [-0.2, 0) is 34.4 Å². The van der Waals surface area contributed by atoms with Crippen molar-refractivity contribution in [1.29, 1.82) is 0 Å². The Kier molecular flexibility index (Phi) is 10.4. The van der Waals surface area contributed by atoms with Gasteiger partial charge >= 0.3 is 0 Å². The van der Waals surface area contributed by atoms with Gasteiger partial charge in [0.15, 0.2) is 11.5 Å². The van der Waals surface area contributed by atoms with E-state index < -0.39 is 29.7 Å². The van der Waals surface area contributed by atoms with E-state index in [4.69, 9.17) is 10.1 Å². The normalized spacial score (nSPS) is 19.6. The zero-order chi connectivity index (χ0) is 43.5. The first-order chi connectivity index (χ1) is 30.4. The second-order valence-corrected chi connectivity index (χ2v) is 17.5. The van der Waals surface area contributed by atoms with Crippen molar-refractivity contribution in [2.75, 3.05) is 74.4 Å². The minimum absolute atomic E-state index is 0.0775. The highest BCUT2D eigenvalue weighted by atomic mass is 16.2. The Morgan fingerprint density at radius 3 is 2.40 bits per heavy atom. The molecule has 7 heterocycles. The number of anilines is 5. The van der Waals surface area contributed by atoms with Crippen molar-refractivity contribution in [2.24, 2.45) is 13.0 Å². The number of benzene rings is 3. The first-order valence-electron chi connectivity index (χ1n) is 21.7. The summed E-state index contributed by atoms with van der Waals surface area (Å²) in [6.07, 6.45) is 2.99.